The summed E-state index contributed by atoms with van der Waals surface area (Å²) in [6.45, 7) is 4.29. The van der Waals surface area contributed by atoms with Crippen molar-refractivity contribution in [3.05, 3.63) is 30.6 Å². The Bertz CT molecular complexity index is 590. The molecule has 0 aliphatic heterocycles. The van der Waals surface area contributed by atoms with Gasteiger partial charge < -0.3 is 10.6 Å². The standard InChI is InChI=1S/C14H18N4O/c1-14(2,13(19)15-3)8-16-12-10-6-4-5-7-11(10)17-9-18-12/h4-7,9H,8H2,1-3H3,(H,15,19)(H,16,17,18). The van der Waals surface area contributed by atoms with Crippen LogP contribution in [0.2, 0.25) is 0 Å². The molecule has 5 heteroatoms. The lowest BCUT2D eigenvalue weighted by molar-refractivity contribution is -0.128. The number of hydrogen-bond donors (Lipinski definition) is 2. The van der Waals surface area contributed by atoms with Gasteiger partial charge >= 0.3 is 0 Å². The Morgan fingerprint density at radius 3 is 2.74 bits per heavy atom. The van der Waals surface area contributed by atoms with E-state index in [2.05, 4.69) is 20.6 Å². The zero-order valence-electron chi connectivity index (χ0n) is 11.4. The monoisotopic (exact) mass is 258 g/mol. The second-order valence-corrected chi connectivity index (χ2v) is 5.06. The number of benzene rings is 1. The number of anilines is 1. The Hall–Kier alpha value is -2.17. The summed E-state index contributed by atoms with van der Waals surface area (Å²) in [5.41, 5.74) is 0.388. The molecule has 1 heterocycles. The fourth-order valence-corrected chi connectivity index (χ4v) is 1.87. The highest BCUT2D eigenvalue weighted by molar-refractivity contribution is 5.89. The molecule has 0 fully saturated rings. The Morgan fingerprint density at radius 1 is 1.26 bits per heavy atom. The van der Waals surface area contributed by atoms with Crippen molar-refractivity contribution in [1.82, 2.24) is 15.3 Å². The molecule has 19 heavy (non-hydrogen) atoms. The maximum absolute atomic E-state index is 11.7. The molecular weight excluding hydrogens is 240 g/mol. The van der Waals surface area contributed by atoms with E-state index in [9.17, 15) is 4.79 Å². The second kappa shape index (κ2) is 5.22. The highest BCUT2D eigenvalue weighted by atomic mass is 16.2. The van der Waals surface area contributed by atoms with Crippen LogP contribution >= 0.6 is 0 Å². The fraction of sp³-hybridized carbons (Fsp3) is 0.357. The molecule has 0 radical (unpaired) electrons. The van der Waals surface area contributed by atoms with Crippen LogP contribution < -0.4 is 10.6 Å². The lowest BCUT2D eigenvalue weighted by Crippen LogP contribution is -2.39. The van der Waals surface area contributed by atoms with Gasteiger partial charge in [-0.2, -0.15) is 0 Å². The van der Waals surface area contributed by atoms with Crippen molar-refractivity contribution in [3.63, 3.8) is 0 Å². The normalized spacial score (nSPS) is 11.3. The van der Waals surface area contributed by atoms with Crippen LogP contribution in [0.1, 0.15) is 13.8 Å². The number of aromatic nitrogens is 2. The van der Waals surface area contributed by atoms with Crippen molar-refractivity contribution in [1.29, 1.82) is 0 Å². The van der Waals surface area contributed by atoms with Crippen molar-refractivity contribution in [3.8, 4) is 0 Å². The van der Waals surface area contributed by atoms with Crippen LogP contribution in [0.25, 0.3) is 10.9 Å². The summed E-state index contributed by atoms with van der Waals surface area (Å²) >= 11 is 0. The number of carbonyl (C=O) groups excluding carboxylic acids is 1. The molecule has 0 bridgehead atoms. The zero-order valence-corrected chi connectivity index (χ0v) is 11.4. The van der Waals surface area contributed by atoms with Gasteiger partial charge in [0.2, 0.25) is 5.91 Å². The van der Waals surface area contributed by atoms with Gasteiger partial charge in [0.1, 0.15) is 12.1 Å². The summed E-state index contributed by atoms with van der Waals surface area (Å²) in [4.78, 5) is 20.2. The highest BCUT2D eigenvalue weighted by Crippen LogP contribution is 2.21. The van der Waals surface area contributed by atoms with Crippen LogP contribution in [0.5, 0.6) is 0 Å². The van der Waals surface area contributed by atoms with Gasteiger partial charge in [-0.05, 0) is 26.0 Å². The third kappa shape index (κ3) is 2.81. The summed E-state index contributed by atoms with van der Waals surface area (Å²) < 4.78 is 0. The first kappa shape index (κ1) is 13.3. The molecule has 0 aliphatic carbocycles. The number of para-hydroxylation sites is 1. The number of rotatable bonds is 4. The smallest absolute Gasteiger partial charge is 0.227 e. The number of carbonyl (C=O) groups is 1. The van der Waals surface area contributed by atoms with Gasteiger partial charge in [0.05, 0.1) is 10.9 Å². The van der Waals surface area contributed by atoms with Gasteiger partial charge in [0, 0.05) is 19.0 Å². The van der Waals surface area contributed by atoms with Gasteiger partial charge in [-0.3, -0.25) is 4.79 Å². The largest absolute Gasteiger partial charge is 0.368 e. The lowest BCUT2D eigenvalue weighted by Gasteiger charge is -2.23. The zero-order chi connectivity index (χ0) is 13.9. The summed E-state index contributed by atoms with van der Waals surface area (Å²) in [6.07, 6.45) is 1.53. The average molecular weight is 258 g/mol. The molecule has 0 atom stereocenters. The Balaban J connectivity index is 2.21. The lowest BCUT2D eigenvalue weighted by atomic mass is 9.92. The third-order valence-electron chi connectivity index (χ3n) is 3.08. The predicted molar refractivity (Wildman–Crippen MR) is 75.9 cm³/mol. The topological polar surface area (TPSA) is 66.9 Å². The molecule has 0 spiro atoms. The molecule has 0 aliphatic rings. The van der Waals surface area contributed by atoms with Crippen molar-refractivity contribution >= 4 is 22.6 Å². The van der Waals surface area contributed by atoms with Gasteiger partial charge in [0.25, 0.3) is 0 Å². The van der Waals surface area contributed by atoms with Crippen LogP contribution in [0.4, 0.5) is 5.82 Å². The summed E-state index contributed by atoms with van der Waals surface area (Å²) in [5, 5.41) is 6.85. The maximum Gasteiger partial charge on any atom is 0.227 e. The van der Waals surface area contributed by atoms with Crippen LogP contribution in [0.3, 0.4) is 0 Å². The first-order valence-corrected chi connectivity index (χ1v) is 6.20. The van der Waals surface area contributed by atoms with E-state index in [0.717, 1.165) is 16.7 Å². The molecule has 2 N–H and O–H groups in total. The van der Waals surface area contributed by atoms with Gasteiger partial charge in [-0.1, -0.05) is 12.1 Å². The van der Waals surface area contributed by atoms with Gasteiger partial charge in [0.15, 0.2) is 0 Å². The third-order valence-corrected chi connectivity index (χ3v) is 3.08. The highest BCUT2D eigenvalue weighted by Gasteiger charge is 2.26. The summed E-state index contributed by atoms with van der Waals surface area (Å²) in [5.74, 6) is 0.751. The number of nitrogens with one attached hydrogen (secondary N) is 2. The fourth-order valence-electron chi connectivity index (χ4n) is 1.87. The van der Waals surface area contributed by atoms with E-state index in [1.54, 1.807) is 7.05 Å². The van der Waals surface area contributed by atoms with E-state index in [1.807, 2.05) is 38.1 Å². The maximum atomic E-state index is 11.7. The van der Waals surface area contributed by atoms with Crippen LogP contribution in [0, 0.1) is 5.41 Å². The van der Waals surface area contributed by atoms with E-state index in [0.29, 0.717) is 6.54 Å². The second-order valence-electron chi connectivity index (χ2n) is 5.06. The molecule has 5 nitrogen and oxygen atoms in total. The van der Waals surface area contributed by atoms with E-state index in [-0.39, 0.29) is 5.91 Å². The van der Waals surface area contributed by atoms with Crippen LogP contribution in [-0.4, -0.2) is 29.5 Å². The Kier molecular flexibility index (Phi) is 3.64. The number of fused-ring (bicyclic) bond motifs is 1. The molecule has 1 aromatic heterocycles. The van der Waals surface area contributed by atoms with Crippen molar-refractivity contribution in [2.45, 2.75) is 13.8 Å². The van der Waals surface area contributed by atoms with Crippen molar-refractivity contribution in [2.75, 3.05) is 18.9 Å². The van der Waals surface area contributed by atoms with Gasteiger partial charge in [-0.25, -0.2) is 9.97 Å². The molecule has 0 saturated carbocycles. The molecule has 1 amide bonds. The molecule has 0 unspecified atom stereocenters. The molecule has 2 rings (SSSR count). The van der Waals surface area contributed by atoms with Crippen molar-refractivity contribution < 1.29 is 4.79 Å². The average Bonchev–Trinajstić information content (AvgIpc) is 2.44. The minimum Gasteiger partial charge on any atom is -0.368 e. The number of nitrogens with zero attached hydrogens (tertiary/aromatic N) is 2. The SMILES string of the molecule is CNC(=O)C(C)(C)CNc1ncnc2ccccc12. The Labute approximate surface area is 112 Å². The number of amides is 1. The molecule has 0 saturated heterocycles. The minimum absolute atomic E-state index is 0.00152. The van der Waals surface area contributed by atoms with E-state index in [1.165, 1.54) is 6.33 Å². The van der Waals surface area contributed by atoms with Crippen LogP contribution in [0.15, 0.2) is 30.6 Å². The van der Waals surface area contributed by atoms with E-state index >= 15 is 0 Å². The minimum atomic E-state index is -0.499. The van der Waals surface area contributed by atoms with Crippen molar-refractivity contribution in [2.24, 2.45) is 5.41 Å². The van der Waals surface area contributed by atoms with E-state index < -0.39 is 5.41 Å². The summed E-state index contributed by atoms with van der Waals surface area (Å²) in [6, 6.07) is 7.78. The van der Waals surface area contributed by atoms with E-state index in [4.69, 9.17) is 0 Å². The summed E-state index contributed by atoms with van der Waals surface area (Å²) in [7, 11) is 1.64. The first-order chi connectivity index (χ1) is 9.04. The number of hydrogen-bond acceptors (Lipinski definition) is 4. The molecular formula is C14H18N4O. The Morgan fingerprint density at radius 2 is 2.00 bits per heavy atom. The van der Waals surface area contributed by atoms with Gasteiger partial charge in [-0.15, -0.1) is 0 Å². The molecule has 2 aromatic rings. The first-order valence-electron chi connectivity index (χ1n) is 6.20. The predicted octanol–water partition coefficient (Wildman–Crippen LogP) is 1.81. The van der Waals surface area contributed by atoms with Crippen LogP contribution in [-0.2, 0) is 4.79 Å². The quantitative estimate of drug-likeness (QED) is 0.877. The molecule has 100 valence electrons. The molecule has 1 aromatic carbocycles.